The zero-order chi connectivity index (χ0) is 13.3. The summed E-state index contributed by atoms with van der Waals surface area (Å²) in [5, 5.41) is 8.84. The Balaban J connectivity index is 4.00. The molecule has 0 aromatic heterocycles. The molecule has 0 heterocycles. The molecule has 96 valence electrons. The third kappa shape index (κ3) is 8.49. The minimum atomic E-state index is -0.803. The van der Waals surface area contributed by atoms with Crippen LogP contribution in [0.3, 0.4) is 0 Å². The van der Waals surface area contributed by atoms with Crippen molar-refractivity contribution in [2.75, 3.05) is 0 Å². The topological polar surface area (TPSA) is 37.3 Å². The third-order valence-corrected chi connectivity index (χ3v) is 2.62. The normalized spacial score (nSPS) is 12.5. The van der Waals surface area contributed by atoms with E-state index < -0.39 is 5.97 Å². The van der Waals surface area contributed by atoms with Crippen molar-refractivity contribution in [3.8, 4) is 0 Å². The Kier molecular flexibility index (Phi) is 8.12. The molecular formula is C15H24O2. The lowest BCUT2D eigenvalue weighted by Gasteiger charge is -2.01. The first-order chi connectivity index (χ1) is 7.97. The number of carbonyl (C=O) groups is 1. The van der Waals surface area contributed by atoms with E-state index in [-0.39, 0.29) is 0 Å². The van der Waals surface area contributed by atoms with Crippen LogP contribution >= 0.6 is 0 Å². The molecule has 0 saturated heterocycles. The molecule has 0 spiro atoms. The fourth-order valence-electron chi connectivity index (χ4n) is 1.54. The summed E-state index contributed by atoms with van der Waals surface area (Å²) in [6.45, 7) is 8.08. The zero-order valence-corrected chi connectivity index (χ0v) is 11.4. The van der Waals surface area contributed by atoms with Gasteiger partial charge in [-0.1, -0.05) is 29.4 Å². The fourth-order valence-corrected chi connectivity index (χ4v) is 1.54. The van der Waals surface area contributed by atoms with Crippen molar-refractivity contribution >= 4 is 5.97 Å². The molecule has 0 saturated carbocycles. The molecule has 0 aromatic rings. The van der Waals surface area contributed by atoms with Crippen molar-refractivity contribution in [3.05, 3.63) is 34.9 Å². The van der Waals surface area contributed by atoms with E-state index in [1.165, 1.54) is 11.1 Å². The van der Waals surface area contributed by atoms with Crippen molar-refractivity contribution in [2.45, 2.75) is 53.4 Å². The van der Waals surface area contributed by atoms with E-state index in [4.69, 9.17) is 5.11 Å². The van der Waals surface area contributed by atoms with E-state index in [0.717, 1.165) is 19.3 Å². The third-order valence-electron chi connectivity index (χ3n) is 2.62. The summed E-state index contributed by atoms with van der Waals surface area (Å²) in [5.74, 6) is -0.803. The Morgan fingerprint density at radius 1 is 1.06 bits per heavy atom. The molecule has 0 radical (unpaired) electrons. The summed E-state index contributed by atoms with van der Waals surface area (Å²) in [4.78, 5) is 10.8. The Labute approximate surface area is 105 Å². The SMILES string of the molecule is C/C=C(\CC/C=C(\C)CCC=C(C)C)C(=O)O. The van der Waals surface area contributed by atoms with Gasteiger partial charge in [0.05, 0.1) is 0 Å². The van der Waals surface area contributed by atoms with Crippen molar-refractivity contribution in [1.29, 1.82) is 0 Å². The van der Waals surface area contributed by atoms with Gasteiger partial charge in [-0.2, -0.15) is 0 Å². The molecule has 2 heteroatoms. The number of rotatable bonds is 7. The van der Waals surface area contributed by atoms with Crippen LogP contribution in [0.15, 0.2) is 34.9 Å². The van der Waals surface area contributed by atoms with Crippen LogP contribution in [0.2, 0.25) is 0 Å². The summed E-state index contributed by atoms with van der Waals surface area (Å²) in [7, 11) is 0. The molecule has 0 fully saturated rings. The molecule has 0 aliphatic carbocycles. The lowest BCUT2D eigenvalue weighted by molar-refractivity contribution is -0.132. The lowest BCUT2D eigenvalue weighted by Crippen LogP contribution is -1.99. The first-order valence-corrected chi connectivity index (χ1v) is 6.14. The second-order valence-corrected chi connectivity index (χ2v) is 4.53. The second-order valence-electron chi connectivity index (χ2n) is 4.53. The smallest absolute Gasteiger partial charge is 0.331 e. The molecule has 0 aliphatic rings. The second kappa shape index (κ2) is 8.80. The number of hydrogen-bond donors (Lipinski definition) is 1. The first kappa shape index (κ1) is 15.7. The Morgan fingerprint density at radius 2 is 1.65 bits per heavy atom. The van der Waals surface area contributed by atoms with Crippen LogP contribution in [-0.2, 0) is 4.79 Å². The van der Waals surface area contributed by atoms with E-state index in [0.29, 0.717) is 12.0 Å². The largest absolute Gasteiger partial charge is 0.478 e. The molecule has 0 atom stereocenters. The number of allylic oxidation sites excluding steroid dienone is 5. The van der Waals surface area contributed by atoms with Crippen LogP contribution in [0.1, 0.15) is 53.4 Å². The summed E-state index contributed by atoms with van der Waals surface area (Å²) < 4.78 is 0. The number of hydrogen-bond acceptors (Lipinski definition) is 1. The average molecular weight is 236 g/mol. The highest BCUT2D eigenvalue weighted by atomic mass is 16.4. The maximum Gasteiger partial charge on any atom is 0.331 e. The molecule has 0 amide bonds. The van der Waals surface area contributed by atoms with E-state index in [2.05, 4.69) is 32.9 Å². The molecular weight excluding hydrogens is 212 g/mol. The van der Waals surface area contributed by atoms with Crippen molar-refractivity contribution in [3.63, 3.8) is 0 Å². The van der Waals surface area contributed by atoms with E-state index in [1.807, 2.05) is 0 Å². The summed E-state index contributed by atoms with van der Waals surface area (Å²) in [6, 6.07) is 0. The quantitative estimate of drug-likeness (QED) is 0.522. The van der Waals surface area contributed by atoms with Gasteiger partial charge in [-0.15, -0.1) is 0 Å². The fraction of sp³-hybridized carbons (Fsp3) is 0.533. The van der Waals surface area contributed by atoms with Gasteiger partial charge in [0.15, 0.2) is 0 Å². The zero-order valence-electron chi connectivity index (χ0n) is 11.4. The molecule has 0 aliphatic heterocycles. The highest BCUT2D eigenvalue weighted by molar-refractivity contribution is 5.86. The van der Waals surface area contributed by atoms with Crippen molar-refractivity contribution in [2.24, 2.45) is 0 Å². The average Bonchev–Trinajstić information content (AvgIpc) is 2.23. The molecule has 17 heavy (non-hydrogen) atoms. The van der Waals surface area contributed by atoms with Gasteiger partial charge in [0.2, 0.25) is 0 Å². The van der Waals surface area contributed by atoms with Gasteiger partial charge in [-0.3, -0.25) is 0 Å². The summed E-state index contributed by atoms with van der Waals surface area (Å²) in [5.41, 5.74) is 3.18. The standard InChI is InChI=1S/C15H24O2/c1-5-14(15(16)17)11-7-10-13(4)9-6-8-12(2)3/h5,8,10H,6-7,9,11H2,1-4H3,(H,16,17)/b13-10+,14-5+. The van der Waals surface area contributed by atoms with E-state index in [1.54, 1.807) is 13.0 Å². The molecule has 0 bridgehead atoms. The van der Waals surface area contributed by atoms with Crippen LogP contribution < -0.4 is 0 Å². The molecule has 2 nitrogen and oxygen atoms in total. The minimum absolute atomic E-state index is 0.498. The van der Waals surface area contributed by atoms with Gasteiger partial charge in [-0.05, 0) is 53.4 Å². The van der Waals surface area contributed by atoms with Gasteiger partial charge in [0.1, 0.15) is 0 Å². The van der Waals surface area contributed by atoms with Gasteiger partial charge in [0, 0.05) is 5.57 Å². The Bertz CT molecular complexity index is 329. The van der Waals surface area contributed by atoms with Gasteiger partial charge in [0.25, 0.3) is 0 Å². The van der Waals surface area contributed by atoms with Crippen LogP contribution in [0.4, 0.5) is 0 Å². The van der Waals surface area contributed by atoms with Crippen molar-refractivity contribution in [1.82, 2.24) is 0 Å². The van der Waals surface area contributed by atoms with Gasteiger partial charge in [-0.25, -0.2) is 4.79 Å². The lowest BCUT2D eigenvalue weighted by atomic mass is 10.1. The summed E-state index contributed by atoms with van der Waals surface area (Å²) in [6.07, 6.45) is 9.61. The highest BCUT2D eigenvalue weighted by Gasteiger charge is 2.03. The molecule has 0 rings (SSSR count). The number of aliphatic carboxylic acids is 1. The summed E-state index contributed by atoms with van der Waals surface area (Å²) >= 11 is 0. The van der Waals surface area contributed by atoms with Crippen molar-refractivity contribution < 1.29 is 9.90 Å². The van der Waals surface area contributed by atoms with E-state index >= 15 is 0 Å². The van der Waals surface area contributed by atoms with E-state index in [9.17, 15) is 4.79 Å². The van der Waals surface area contributed by atoms with Crippen LogP contribution in [-0.4, -0.2) is 11.1 Å². The number of carboxylic acids is 1. The molecule has 1 N–H and O–H groups in total. The minimum Gasteiger partial charge on any atom is -0.478 e. The molecule has 0 unspecified atom stereocenters. The maximum atomic E-state index is 10.8. The molecule has 0 aromatic carbocycles. The van der Waals surface area contributed by atoms with Gasteiger partial charge < -0.3 is 5.11 Å². The van der Waals surface area contributed by atoms with Crippen LogP contribution in [0, 0.1) is 0 Å². The van der Waals surface area contributed by atoms with Crippen LogP contribution in [0.25, 0.3) is 0 Å². The maximum absolute atomic E-state index is 10.8. The Hall–Kier alpha value is -1.31. The highest BCUT2D eigenvalue weighted by Crippen LogP contribution is 2.11. The van der Waals surface area contributed by atoms with Gasteiger partial charge >= 0.3 is 5.97 Å². The predicted molar refractivity (Wildman–Crippen MR) is 73.0 cm³/mol. The Morgan fingerprint density at radius 3 is 2.12 bits per heavy atom. The predicted octanol–water partition coefficient (Wildman–Crippen LogP) is 4.49. The number of carboxylic acid groups (broad SMARTS) is 1. The first-order valence-electron chi connectivity index (χ1n) is 6.14. The van der Waals surface area contributed by atoms with Crippen LogP contribution in [0.5, 0.6) is 0 Å². The monoisotopic (exact) mass is 236 g/mol.